The van der Waals surface area contributed by atoms with E-state index in [4.69, 9.17) is 0 Å². The first-order chi connectivity index (χ1) is 12.5. The molecule has 3 atom stereocenters. The molecule has 3 heteroatoms. The molecule has 136 valence electrons. The van der Waals surface area contributed by atoms with Crippen molar-refractivity contribution in [3.63, 3.8) is 0 Å². The number of rotatable bonds is 4. The quantitative estimate of drug-likeness (QED) is 0.909. The Morgan fingerprint density at radius 3 is 2.73 bits per heavy atom. The molecule has 0 radical (unpaired) electrons. The molecule has 0 saturated carbocycles. The van der Waals surface area contributed by atoms with Crippen molar-refractivity contribution in [2.24, 2.45) is 5.92 Å². The number of nitrogens with zero attached hydrogens (tertiary/aromatic N) is 1. The molecule has 1 heterocycles. The normalized spacial score (nSPS) is 27.8. The number of likely N-dealkylation sites (tertiary alicyclic amines) is 1. The predicted octanol–water partition coefficient (Wildman–Crippen LogP) is 3.92. The van der Waals surface area contributed by atoms with Crippen LogP contribution in [0, 0.1) is 5.92 Å². The van der Waals surface area contributed by atoms with Crippen molar-refractivity contribution in [1.82, 2.24) is 4.90 Å². The summed E-state index contributed by atoms with van der Waals surface area (Å²) in [5, 5.41) is 10.2. The van der Waals surface area contributed by atoms with Gasteiger partial charge in [0.25, 0.3) is 0 Å². The Labute approximate surface area is 155 Å². The lowest BCUT2D eigenvalue weighted by Crippen LogP contribution is -2.59. The highest BCUT2D eigenvalue weighted by atomic mass is 16.3. The molecule has 2 aromatic rings. The lowest BCUT2D eigenvalue weighted by Gasteiger charge is -2.56. The first-order valence-electron chi connectivity index (χ1n) is 9.64. The minimum absolute atomic E-state index is 0.0645. The summed E-state index contributed by atoms with van der Waals surface area (Å²) >= 11 is 0. The average Bonchev–Trinajstić information content (AvgIpc) is 2.63. The fourth-order valence-corrected chi connectivity index (χ4v) is 5.30. The standard InChI is InChI=1S/C23H27NO2/c1-16(25)10-12-24-13-11-23(19-6-4-3-5-7-19)17(2)22(24)14-18-8-9-20(26)15-21(18)23/h3-9,15,17,22,26H,10-14H2,1-2H3/t17-,22?,23?/m1/s1. The van der Waals surface area contributed by atoms with Gasteiger partial charge in [-0.1, -0.05) is 43.3 Å². The second kappa shape index (κ2) is 6.55. The Kier molecular flexibility index (Phi) is 4.36. The number of Topliss-reactive ketones (excluding diaryl/α,β-unsaturated/α-hetero) is 1. The number of hydrogen-bond acceptors (Lipinski definition) is 3. The molecule has 1 aliphatic heterocycles. The number of aromatic hydroxyl groups is 1. The van der Waals surface area contributed by atoms with Crippen LogP contribution in [0.4, 0.5) is 0 Å². The molecule has 0 amide bonds. The maximum atomic E-state index is 11.5. The molecule has 26 heavy (non-hydrogen) atoms. The van der Waals surface area contributed by atoms with E-state index in [0.29, 0.717) is 24.1 Å². The van der Waals surface area contributed by atoms with Crippen LogP contribution in [0.2, 0.25) is 0 Å². The van der Waals surface area contributed by atoms with Gasteiger partial charge in [0.05, 0.1) is 0 Å². The highest BCUT2D eigenvalue weighted by Crippen LogP contribution is 2.53. The smallest absolute Gasteiger partial charge is 0.131 e. The van der Waals surface area contributed by atoms with E-state index in [9.17, 15) is 9.90 Å². The molecule has 1 saturated heterocycles. The van der Waals surface area contributed by atoms with E-state index in [1.165, 1.54) is 16.7 Å². The summed E-state index contributed by atoms with van der Waals surface area (Å²) in [6, 6.07) is 17.1. The van der Waals surface area contributed by atoms with E-state index in [-0.39, 0.29) is 11.2 Å². The van der Waals surface area contributed by atoms with Gasteiger partial charge >= 0.3 is 0 Å². The van der Waals surface area contributed by atoms with Crippen LogP contribution in [-0.4, -0.2) is 34.9 Å². The van der Waals surface area contributed by atoms with Crippen LogP contribution in [0.5, 0.6) is 5.75 Å². The third-order valence-corrected chi connectivity index (χ3v) is 6.66. The number of phenolic OH excluding ortho intramolecular Hbond substituents is 1. The van der Waals surface area contributed by atoms with Gasteiger partial charge in [-0.3, -0.25) is 9.69 Å². The van der Waals surface area contributed by atoms with Gasteiger partial charge in [-0.2, -0.15) is 0 Å². The summed E-state index contributed by atoms with van der Waals surface area (Å²) in [4.78, 5) is 14.0. The van der Waals surface area contributed by atoms with Crippen molar-refractivity contribution >= 4 is 5.78 Å². The SMILES string of the molecule is CC(=O)CCN1CCC2(c3ccccc3)c3cc(O)ccc3CC1[C@H]2C. The summed E-state index contributed by atoms with van der Waals surface area (Å²) in [5.74, 6) is 1.04. The zero-order chi connectivity index (χ0) is 18.3. The number of piperidine rings is 1. The lowest BCUT2D eigenvalue weighted by molar-refractivity contribution is -0.117. The van der Waals surface area contributed by atoms with Crippen LogP contribution in [0.1, 0.15) is 43.4 Å². The Morgan fingerprint density at radius 2 is 2.00 bits per heavy atom. The maximum Gasteiger partial charge on any atom is 0.131 e. The molecule has 4 rings (SSSR count). The van der Waals surface area contributed by atoms with Crippen molar-refractivity contribution in [3.8, 4) is 5.75 Å². The number of benzene rings is 2. The Balaban J connectivity index is 1.82. The highest BCUT2D eigenvalue weighted by Gasteiger charge is 2.52. The largest absolute Gasteiger partial charge is 0.508 e. The van der Waals surface area contributed by atoms with Crippen molar-refractivity contribution < 1.29 is 9.90 Å². The van der Waals surface area contributed by atoms with E-state index in [1.807, 2.05) is 12.1 Å². The van der Waals surface area contributed by atoms with E-state index in [1.54, 1.807) is 6.92 Å². The zero-order valence-corrected chi connectivity index (χ0v) is 15.6. The second-order valence-corrected chi connectivity index (χ2v) is 7.98. The third kappa shape index (κ3) is 2.66. The van der Waals surface area contributed by atoms with E-state index in [2.05, 4.69) is 48.2 Å². The minimum Gasteiger partial charge on any atom is -0.508 e. The molecular weight excluding hydrogens is 322 g/mol. The Morgan fingerprint density at radius 1 is 1.23 bits per heavy atom. The average molecular weight is 349 g/mol. The Hall–Kier alpha value is -2.13. The molecule has 2 unspecified atom stereocenters. The minimum atomic E-state index is -0.0645. The van der Waals surface area contributed by atoms with Crippen LogP contribution in [0.3, 0.4) is 0 Å². The summed E-state index contributed by atoms with van der Waals surface area (Å²) in [6.45, 7) is 5.88. The van der Waals surface area contributed by atoms with Crippen LogP contribution < -0.4 is 0 Å². The Bertz CT molecular complexity index is 816. The van der Waals surface area contributed by atoms with Gasteiger partial charge in [0, 0.05) is 24.4 Å². The first-order valence-corrected chi connectivity index (χ1v) is 9.64. The van der Waals surface area contributed by atoms with Gasteiger partial charge in [-0.05, 0) is 61.1 Å². The molecular formula is C23H27NO2. The van der Waals surface area contributed by atoms with Crippen molar-refractivity contribution in [1.29, 1.82) is 0 Å². The van der Waals surface area contributed by atoms with Crippen LogP contribution in [-0.2, 0) is 16.6 Å². The summed E-state index contributed by atoms with van der Waals surface area (Å²) in [5.41, 5.74) is 3.90. The van der Waals surface area contributed by atoms with E-state index in [0.717, 1.165) is 25.9 Å². The second-order valence-electron chi connectivity index (χ2n) is 7.98. The monoisotopic (exact) mass is 349 g/mol. The fraction of sp³-hybridized carbons (Fsp3) is 0.435. The van der Waals surface area contributed by atoms with Gasteiger partial charge in [-0.15, -0.1) is 0 Å². The topological polar surface area (TPSA) is 40.5 Å². The number of fused-ring (bicyclic) bond motifs is 4. The molecule has 1 N–H and O–H groups in total. The van der Waals surface area contributed by atoms with Gasteiger partial charge in [0.2, 0.25) is 0 Å². The molecule has 3 nitrogen and oxygen atoms in total. The molecule has 0 spiro atoms. The van der Waals surface area contributed by atoms with Crippen molar-refractivity contribution in [3.05, 3.63) is 65.2 Å². The molecule has 1 aliphatic carbocycles. The highest BCUT2D eigenvalue weighted by molar-refractivity contribution is 5.75. The maximum absolute atomic E-state index is 11.5. The van der Waals surface area contributed by atoms with E-state index >= 15 is 0 Å². The van der Waals surface area contributed by atoms with Crippen LogP contribution >= 0.6 is 0 Å². The van der Waals surface area contributed by atoms with Gasteiger partial charge in [0.15, 0.2) is 0 Å². The predicted molar refractivity (Wildman–Crippen MR) is 103 cm³/mol. The zero-order valence-electron chi connectivity index (χ0n) is 15.6. The van der Waals surface area contributed by atoms with Crippen molar-refractivity contribution in [2.75, 3.05) is 13.1 Å². The van der Waals surface area contributed by atoms with Crippen LogP contribution in [0.25, 0.3) is 0 Å². The number of carbonyl (C=O) groups is 1. The van der Waals surface area contributed by atoms with E-state index < -0.39 is 0 Å². The first kappa shape index (κ1) is 17.3. The lowest BCUT2D eigenvalue weighted by atomic mass is 9.55. The molecule has 1 fully saturated rings. The summed E-state index contributed by atoms with van der Waals surface area (Å²) in [7, 11) is 0. The number of hydrogen-bond donors (Lipinski definition) is 1. The molecule has 2 aromatic carbocycles. The summed E-state index contributed by atoms with van der Waals surface area (Å²) in [6.07, 6.45) is 2.64. The molecule has 0 aromatic heterocycles. The van der Waals surface area contributed by atoms with Gasteiger partial charge < -0.3 is 5.11 Å². The number of carbonyl (C=O) groups excluding carboxylic acids is 1. The molecule has 2 aliphatic rings. The molecule has 2 bridgehead atoms. The van der Waals surface area contributed by atoms with Gasteiger partial charge in [-0.25, -0.2) is 0 Å². The summed E-state index contributed by atoms with van der Waals surface area (Å²) < 4.78 is 0. The number of ketones is 1. The number of phenols is 1. The third-order valence-electron chi connectivity index (χ3n) is 6.66. The van der Waals surface area contributed by atoms with Crippen molar-refractivity contribution in [2.45, 2.75) is 44.6 Å². The van der Waals surface area contributed by atoms with Crippen LogP contribution in [0.15, 0.2) is 48.5 Å². The van der Waals surface area contributed by atoms with Gasteiger partial charge in [0.1, 0.15) is 11.5 Å². The fourth-order valence-electron chi connectivity index (χ4n) is 5.30.